The summed E-state index contributed by atoms with van der Waals surface area (Å²) in [5.74, 6) is -2.75. The summed E-state index contributed by atoms with van der Waals surface area (Å²) in [5, 5.41) is 19.7. The molecule has 0 saturated heterocycles. The van der Waals surface area contributed by atoms with E-state index in [0.29, 0.717) is 0 Å². The molecular formula is C12H13NO6. The summed E-state index contributed by atoms with van der Waals surface area (Å²) in [6, 6.07) is 3.29. The number of hydrogen-bond acceptors (Lipinski definition) is 5. The van der Waals surface area contributed by atoms with E-state index in [4.69, 9.17) is 9.84 Å². The Morgan fingerprint density at radius 3 is 2.58 bits per heavy atom. The van der Waals surface area contributed by atoms with Gasteiger partial charge in [0.25, 0.3) is 5.69 Å². The number of ether oxygens (including phenoxy) is 1. The molecule has 0 heterocycles. The van der Waals surface area contributed by atoms with Gasteiger partial charge < -0.3 is 9.84 Å². The predicted octanol–water partition coefficient (Wildman–Crippen LogP) is 1.96. The van der Waals surface area contributed by atoms with Gasteiger partial charge in [-0.05, 0) is 25.5 Å². The molecule has 7 heteroatoms. The Balaban J connectivity index is 3.28. The third-order valence-corrected chi connectivity index (χ3v) is 2.58. The highest BCUT2D eigenvalue weighted by molar-refractivity contribution is 5.92. The largest absolute Gasteiger partial charge is 0.478 e. The summed E-state index contributed by atoms with van der Waals surface area (Å²) < 4.78 is 4.79. The van der Waals surface area contributed by atoms with Crippen LogP contribution in [0.25, 0.3) is 0 Å². The maximum absolute atomic E-state index is 11.6. The van der Waals surface area contributed by atoms with Crippen LogP contribution in [0.3, 0.4) is 0 Å². The molecule has 0 fully saturated rings. The molecule has 0 aliphatic carbocycles. The molecule has 0 aliphatic rings. The van der Waals surface area contributed by atoms with Crippen molar-refractivity contribution in [2.24, 2.45) is 0 Å². The molecular weight excluding hydrogens is 254 g/mol. The Kier molecular flexibility index (Phi) is 4.57. The van der Waals surface area contributed by atoms with Crippen LogP contribution in [0.5, 0.6) is 0 Å². The topological polar surface area (TPSA) is 107 Å². The highest BCUT2D eigenvalue weighted by Crippen LogP contribution is 2.26. The molecule has 1 atom stereocenters. The Bertz CT molecular complexity index is 525. The van der Waals surface area contributed by atoms with Crippen molar-refractivity contribution in [2.75, 3.05) is 6.61 Å². The SMILES string of the molecule is CCOC(=O)C(C)c1cc([N+](=O)[O-])ccc1C(=O)O. The van der Waals surface area contributed by atoms with E-state index in [9.17, 15) is 19.7 Å². The van der Waals surface area contributed by atoms with Crippen LogP contribution in [-0.4, -0.2) is 28.6 Å². The number of aromatic carboxylic acids is 1. The zero-order valence-corrected chi connectivity index (χ0v) is 10.5. The van der Waals surface area contributed by atoms with Gasteiger partial charge in [0.2, 0.25) is 0 Å². The standard InChI is InChI=1S/C12H13NO6/c1-3-19-12(16)7(2)10-6-8(13(17)18)4-5-9(10)11(14)15/h4-7H,3H2,1-2H3,(H,14,15). The fourth-order valence-corrected chi connectivity index (χ4v) is 1.61. The van der Waals surface area contributed by atoms with Gasteiger partial charge in [0, 0.05) is 12.1 Å². The number of rotatable bonds is 5. The van der Waals surface area contributed by atoms with Crippen molar-refractivity contribution < 1.29 is 24.4 Å². The van der Waals surface area contributed by atoms with Gasteiger partial charge in [-0.1, -0.05) is 0 Å². The van der Waals surface area contributed by atoms with Crippen molar-refractivity contribution >= 4 is 17.6 Å². The van der Waals surface area contributed by atoms with Gasteiger partial charge in [-0.15, -0.1) is 0 Å². The van der Waals surface area contributed by atoms with E-state index in [2.05, 4.69) is 0 Å². The number of nitrogens with zero attached hydrogens (tertiary/aromatic N) is 1. The zero-order valence-electron chi connectivity index (χ0n) is 10.5. The molecule has 7 nitrogen and oxygen atoms in total. The molecule has 0 aromatic heterocycles. The van der Waals surface area contributed by atoms with E-state index >= 15 is 0 Å². The van der Waals surface area contributed by atoms with Crippen molar-refractivity contribution in [3.05, 3.63) is 39.4 Å². The van der Waals surface area contributed by atoms with E-state index < -0.39 is 22.8 Å². The number of carboxylic acid groups (broad SMARTS) is 1. The highest BCUT2D eigenvalue weighted by atomic mass is 16.6. The smallest absolute Gasteiger partial charge is 0.335 e. The quantitative estimate of drug-likeness (QED) is 0.496. The molecule has 0 saturated carbocycles. The molecule has 0 spiro atoms. The highest BCUT2D eigenvalue weighted by Gasteiger charge is 2.24. The third kappa shape index (κ3) is 3.27. The molecule has 1 unspecified atom stereocenters. The minimum absolute atomic E-state index is 0.0696. The molecule has 1 N–H and O–H groups in total. The fraction of sp³-hybridized carbons (Fsp3) is 0.333. The van der Waals surface area contributed by atoms with Crippen molar-refractivity contribution in [1.29, 1.82) is 0 Å². The normalized spacial score (nSPS) is 11.7. The van der Waals surface area contributed by atoms with Crippen molar-refractivity contribution in [1.82, 2.24) is 0 Å². The molecule has 102 valence electrons. The van der Waals surface area contributed by atoms with E-state index in [1.165, 1.54) is 6.92 Å². The predicted molar refractivity (Wildman–Crippen MR) is 65.1 cm³/mol. The van der Waals surface area contributed by atoms with E-state index in [0.717, 1.165) is 18.2 Å². The fourth-order valence-electron chi connectivity index (χ4n) is 1.61. The summed E-state index contributed by atoms with van der Waals surface area (Å²) in [6.45, 7) is 3.22. The first-order valence-electron chi connectivity index (χ1n) is 5.56. The first-order chi connectivity index (χ1) is 8.88. The molecule has 0 radical (unpaired) electrons. The van der Waals surface area contributed by atoms with E-state index in [1.807, 2.05) is 0 Å². The van der Waals surface area contributed by atoms with Crippen LogP contribution >= 0.6 is 0 Å². The number of carboxylic acids is 1. The number of hydrogen-bond donors (Lipinski definition) is 1. The Labute approximate surface area is 109 Å². The molecule has 0 aliphatic heterocycles. The number of nitro groups is 1. The molecule has 1 aromatic carbocycles. The monoisotopic (exact) mass is 267 g/mol. The maximum Gasteiger partial charge on any atom is 0.335 e. The van der Waals surface area contributed by atoms with Gasteiger partial charge >= 0.3 is 11.9 Å². The van der Waals surface area contributed by atoms with E-state index in [1.54, 1.807) is 6.92 Å². The molecule has 0 bridgehead atoms. The van der Waals surface area contributed by atoms with Crippen LogP contribution in [-0.2, 0) is 9.53 Å². The van der Waals surface area contributed by atoms with Crippen LogP contribution in [0, 0.1) is 10.1 Å². The molecule has 0 amide bonds. The minimum Gasteiger partial charge on any atom is -0.478 e. The Morgan fingerprint density at radius 2 is 2.11 bits per heavy atom. The summed E-state index contributed by atoms with van der Waals surface area (Å²) >= 11 is 0. The van der Waals surface area contributed by atoms with Gasteiger partial charge in [0.05, 0.1) is 23.0 Å². The number of benzene rings is 1. The Hall–Kier alpha value is -2.44. The average molecular weight is 267 g/mol. The zero-order chi connectivity index (χ0) is 14.6. The summed E-state index contributed by atoms with van der Waals surface area (Å²) in [7, 11) is 0. The van der Waals surface area contributed by atoms with Gasteiger partial charge in [-0.3, -0.25) is 14.9 Å². The number of carbonyl (C=O) groups is 2. The summed E-state index contributed by atoms with van der Waals surface area (Å²) in [4.78, 5) is 32.7. The molecule has 1 rings (SSSR count). The van der Waals surface area contributed by atoms with Crippen LogP contribution in [0.15, 0.2) is 18.2 Å². The van der Waals surface area contributed by atoms with Crippen molar-refractivity contribution in [2.45, 2.75) is 19.8 Å². The summed E-state index contributed by atoms with van der Waals surface area (Å²) in [6.07, 6.45) is 0. The second kappa shape index (κ2) is 5.94. The lowest BCUT2D eigenvalue weighted by Crippen LogP contribution is -2.16. The van der Waals surface area contributed by atoms with Crippen LogP contribution < -0.4 is 0 Å². The lowest BCUT2D eigenvalue weighted by atomic mass is 9.95. The number of non-ortho nitro benzene ring substituents is 1. The van der Waals surface area contributed by atoms with Gasteiger partial charge in [-0.2, -0.15) is 0 Å². The number of nitro benzene ring substituents is 1. The number of carbonyl (C=O) groups excluding carboxylic acids is 1. The molecule has 1 aromatic rings. The lowest BCUT2D eigenvalue weighted by molar-refractivity contribution is -0.384. The first kappa shape index (κ1) is 14.6. The van der Waals surface area contributed by atoms with Crippen LogP contribution in [0.1, 0.15) is 35.7 Å². The maximum atomic E-state index is 11.6. The van der Waals surface area contributed by atoms with Gasteiger partial charge in [0.15, 0.2) is 0 Å². The summed E-state index contributed by atoms with van der Waals surface area (Å²) in [5.41, 5.74) is -0.345. The minimum atomic E-state index is -1.25. The van der Waals surface area contributed by atoms with E-state index in [-0.39, 0.29) is 23.4 Å². The van der Waals surface area contributed by atoms with Crippen molar-refractivity contribution in [3.8, 4) is 0 Å². The third-order valence-electron chi connectivity index (χ3n) is 2.58. The van der Waals surface area contributed by atoms with Crippen LogP contribution in [0.2, 0.25) is 0 Å². The van der Waals surface area contributed by atoms with Gasteiger partial charge in [0.1, 0.15) is 0 Å². The molecule has 19 heavy (non-hydrogen) atoms. The Morgan fingerprint density at radius 1 is 1.47 bits per heavy atom. The first-order valence-corrected chi connectivity index (χ1v) is 5.56. The second-order valence-electron chi connectivity index (χ2n) is 3.81. The van der Waals surface area contributed by atoms with Crippen LogP contribution in [0.4, 0.5) is 5.69 Å². The number of esters is 1. The lowest BCUT2D eigenvalue weighted by Gasteiger charge is -2.13. The van der Waals surface area contributed by atoms with Gasteiger partial charge in [-0.25, -0.2) is 4.79 Å². The average Bonchev–Trinajstić information content (AvgIpc) is 2.37. The second-order valence-corrected chi connectivity index (χ2v) is 3.81. The van der Waals surface area contributed by atoms with Crippen molar-refractivity contribution in [3.63, 3.8) is 0 Å².